The summed E-state index contributed by atoms with van der Waals surface area (Å²) in [6.07, 6.45) is 16.1. The van der Waals surface area contributed by atoms with Crippen LogP contribution in [0.3, 0.4) is 0 Å². The molecule has 0 spiro atoms. The van der Waals surface area contributed by atoms with E-state index in [2.05, 4.69) is 15.3 Å². The molecule has 27 heavy (non-hydrogen) atoms. The summed E-state index contributed by atoms with van der Waals surface area (Å²) >= 11 is 0. The van der Waals surface area contributed by atoms with Crippen LogP contribution in [0.2, 0.25) is 0 Å². The van der Waals surface area contributed by atoms with Gasteiger partial charge in [-0.25, -0.2) is 8.37 Å². The molecule has 0 aromatic rings. The summed E-state index contributed by atoms with van der Waals surface area (Å²) in [6, 6.07) is 0. The predicted octanol–water partition coefficient (Wildman–Crippen LogP) is 3.72. The molecule has 1 radical (unpaired) electrons. The fraction of sp³-hybridized carbons (Fsp3) is 1.00. The standard InChI is InChI=1S/C19H40O6S.Na/c1-2-3-4-5-6-7-8-9-10-11-12-13-14-15-16-24-26(22,23)25-18-19(21)17-20;/h19-21H,2-18H2,1H3;. The van der Waals surface area contributed by atoms with E-state index in [1.165, 1.54) is 70.6 Å². The molecule has 0 aliphatic carbocycles. The first-order chi connectivity index (χ1) is 12.5. The largest absolute Gasteiger partial charge is 0.399 e. The normalized spacial score (nSPS) is 12.7. The Balaban J connectivity index is 0. The van der Waals surface area contributed by atoms with Gasteiger partial charge in [-0.3, -0.25) is 0 Å². The Hall–Kier alpha value is 0.790. The number of rotatable bonds is 20. The molecule has 0 aromatic heterocycles. The molecule has 0 amide bonds. The van der Waals surface area contributed by atoms with E-state index in [-0.39, 0.29) is 36.2 Å². The molecule has 1 unspecified atom stereocenters. The molecule has 0 bridgehead atoms. The van der Waals surface area contributed by atoms with Gasteiger partial charge >= 0.3 is 10.4 Å². The van der Waals surface area contributed by atoms with Crippen molar-refractivity contribution in [2.45, 2.75) is 103 Å². The van der Waals surface area contributed by atoms with Gasteiger partial charge < -0.3 is 10.2 Å². The van der Waals surface area contributed by atoms with Crippen molar-refractivity contribution in [1.82, 2.24) is 0 Å². The van der Waals surface area contributed by atoms with Crippen molar-refractivity contribution >= 4 is 40.0 Å². The maximum Gasteiger partial charge on any atom is 0.399 e. The maximum absolute atomic E-state index is 11.3. The maximum atomic E-state index is 11.3. The molecule has 0 aromatic carbocycles. The second kappa shape index (κ2) is 21.5. The smallest absolute Gasteiger partial charge is 0.394 e. The zero-order valence-electron chi connectivity index (χ0n) is 17.5. The third-order valence-electron chi connectivity index (χ3n) is 4.34. The van der Waals surface area contributed by atoms with E-state index < -0.39 is 29.7 Å². The Labute approximate surface area is 189 Å². The van der Waals surface area contributed by atoms with E-state index in [4.69, 9.17) is 10.2 Å². The van der Waals surface area contributed by atoms with Crippen molar-refractivity contribution in [3.8, 4) is 0 Å². The minimum atomic E-state index is -4.08. The Kier molecular flexibility index (Phi) is 23.9. The summed E-state index contributed by atoms with van der Waals surface area (Å²) in [5.74, 6) is 0. The zero-order chi connectivity index (χ0) is 19.5. The molecule has 6 nitrogen and oxygen atoms in total. The zero-order valence-corrected chi connectivity index (χ0v) is 20.4. The van der Waals surface area contributed by atoms with Gasteiger partial charge in [0.25, 0.3) is 0 Å². The molecule has 0 aliphatic rings. The van der Waals surface area contributed by atoms with Crippen LogP contribution in [0, 0.1) is 0 Å². The van der Waals surface area contributed by atoms with Crippen LogP contribution in [-0.2, 0) is 18.8 Å². The van der Waals surface area contributed by atoms with Crippen molar-refractivity contribution < 1.29 is 27.0 Å². The minimum Gasteiger partial charge on any atom is -0.394 e. The van der Waals surface area contributed by atoms with E-state index in [0.29, 0.717) is 6.42 Å². The van der Waals surface area contributed by atoms with Gasteiger partial charge in [-0.15, -0.1) is 0 Å². The molecule has 1 atom stereocenters. The SMILES string of the molecule is CCCCCCCCCCCCCCCCOS(=O)(=O)OCC(O)CO.[Na]. The molecule has 0 rings (SSSR count). The summed E-state index contributed by atoms with van der Waals surface area (Å²) in [6.45, 7) is 1.30. The summed E-state index contributed by atoms with van der Waals surface area (Å²) in [7, 11) is -4.08. The van der Waals surface area contributed by atoms with Crippen molar-refractivity contribution in [2.24, 2.45) is 0 Å². The van der Waals surface area contributed by atoms with Gasteiger partial charge in [0, 0.05) is 29.6 Å². The van der Waals surface area contributed by atoms with Gasteiger partial charge in [0.05, 0.1) is 19.8 Å². The first-order valence-corrected chi connectivity index (χ1v) is 11.7. The van der Waals surface area contributed by atoms with Crippen LogP contribution < -0.4 is 0 Å². The first kappa shape index (κ1) is 30.0. The summed E-state index contributed by atoms with van der Waals surface area (Å²) in [5.41, 5.74) is 0. The second-order valence-corrected chi connectivity index (χ2v) is 8.24. The Morgan fingerprint density at radius 2 is 1.15 bits per heavy atom. The van der Waals surface area contributed by atoms with Crippen LogP contribution in [-0.4, -0.2) is 74.1 Å². The monoisotopic (exact) mass is 419 g/mol. The molecule has 0 aliphatic heterocycles. The third kappa shape index (κ3) is 22.9. The third-order valence-corrected chi connectivity index (χ3v) is 5.22. The average molecular weight is 420 g/mol. The van der Waals surface area contributed by atoms with E-state index >= 15 is 0 Å². The molecule has 0 heterocycles. The Morgan fingerprint density at radius 3 is 1.56 bits per heavy atom. The number of hydrogen-bond donors (Lipinski definition) is 2. The minimum absolute atomic E-state index is 0. The van der Waals surface area contributed by atoms with E-state index in [1.54, 1.807) is 0 Å². The number of hydrogen-bond acceptors (Lipinski definition) is 6. The van der Waals surface area contributed by atoms with Crippen molar-refractivity contribution in [2.75, 3.05) is 19.8 Å². The van der Waals surface area contributed by atoms with Crippen LogP contribution in [0.1, 0.15) is 96.8 Å². The fourth-order valence-corrected chi connectivity index (χ4v) is 3.42. The van der Waals surface area contributed by atoms with Crippen LogP contribution in [0.25, 0.3) is 0 Å². The first-order valence-electron chi connectivity index (χ1n) is 10.3. The van der Waals surface area contributed by atoms with Crippen LogP contribution in [0.5, 0.6) is 0 Å². The molecule has 2 N–H and O–H groups in total. The summed E-state index contributed by atoms with van der Waals surface area (Å²) in [4.78, 5) is 0. The molecular weight excluding hydrogens is 379 g/mol. The molecule has 0 saturated carbocycles. The van der Waals surface area contributed by atoms with Crippen molar-refractivity contribution in [1.29, 1.82) is 0 Å². The fourth-order valence-electron chi connectivity index (χ4n) is 2.71. The summed E-state index contributed by atoms with van der Waals surface area (Å²) in [5, 5.41) is 17.6. The van der Waals surface area contributed by atoms with E-state index in [9.17, 15) is 8.42 Å². The number of aliphatic hydroxyl groups excluding tert-OH is 2. The van der Waals surface area contributed by atoms with Crippen molar-refractivity contribution in [3.05, 3.63) is 0 Å². The van der Waals surface area contributed by atoms with Gasteiger partial charge in [0.1, 0.15) is 6.10 Å². The van der Waals surface area contributed by atoms with E-state index in [1.807, 2.05) is 0 Å². The molecule has 159 valence electrons. The molecule has 0 saturated heterocycles. The topological polar surface area (TPSA) is 93.1 Å². The van der Waals surface area contributed by atoms with Crippen LogP contribution >= 0.6 is 0 Å². The summed E-state index contributed by atoms with van der Waals surface area (Å²) < 4.78 is 31.8. The van der Waals surface area contributed by atoms with E-state index in [0.717, 1.165) is 12.8 Å². The number of aliphatic hydroxyl groups is 2. The van der Waals surface area contributed by atoms with Crippen molar-refractivity contribution in [3.63, 3.8) is 0 Å². The number of unbranched alkanes of at least 4 members (excludes halogenated alkanes) is 13. The molecule has 0 fully saturated rings. The van der Waals surface area contributed by atoms with Crippen LogP contribution in [0.15, 0.2) is 0 Å². The Bertz CT molecular complexity index is 392. The van der Waals surface area contributed by atoms with Gasteiger partial charge in [0.15, 0.2) is 0 Å². The van der Waals surface area contributed by atoms with Gasteiger partial charge in [0.2, 0.25) is 0 Å². The molecule has 8 heteroatoms. The average Bonchev–Trinajstić information content (AvgIpc) is 2.63. The van der Waals surface area contributed by atoms with Gasteiger partial charge in [-0.1, -0.05) is 90.4 Å². The Morgan fingerprint density at radius 1 is 0.741 bits per heavy atom. The van der Waals surface area contributed by atoms with Gasteiger partial charge in [-0.05, 0) is 6.42 Å². The second-order valence-electron chi connectivity index (χ2n) is 6.95. The van der Waals surface area contributed by atoms with Crippen LogP contribution in [0.4, 0.5) is 0 Å². The molecular formula is C19H40NaO6S. The van der Waals surface area contributed by atoms with Gasteiger partial charge in [-0.2, -0.15) is 8.42 Å². The quantitative estimate of drug-likeness (QED) is 0.231. The predicted molar refractivity (Wildman–Crippen MR) is 110 cm³/mol.